The highest BCUT2D eigenvalue weighted by Gasteiger charge is 2.20. The van der Waals surface area contributed by atoms with Crippen molar-refractivity contribution in [1.29, 1.82) is 0 Å². The Morgan fingerprint density at radius 2 is 1.88 bits per heavy atom. The Hall–Kier alpha value is 0.01000. The summed E-state index contributed by atoms with van der Waals surface area (Å²) in [5, 5.41) is 4.21. The van der Waals surface area contributed by atoms with E-state index in [9.17, 15) is 0 Å². The Morgan fingerprint density at radius 1 is 1.25 bits per heavy atom. The Kier molecular flexibility index (Phi) is 7.36. The third-order valence-corrected chi connectivity index (χ3v) is 2.90. The first-order valence-corrected chi connectivity index (χ1v) is 5.35. The van der Waals surface area contributed by atoms with Gasteiger partial charge in [-0.05, 0) is 30.5 Å². The number of hydrogen-bond donors (Lipinski definition) is 2. The molecule has 0 saturated carbocycles. The summed E-state index contributed by atoms with van der Waals surface area (Å²) in [7, 11) is 0. The zero-order chi connectivity index (χ0) is 9.97. The summed E-state index contributed by atoms with van der Waals surface area (Å²) in [5.74, 6) is 0. The quantitative estimate of drug-likeness (QED) is 0.875. The van der Waals surface area contributed by atoms with Crippen molar-refractivity contribution in [2.24, 2.45) is 5.73 Å². The first kappa shape index (κ1) is 16.0. The van der Waals surface area contributed by atoms with E-state index in [1.54, 1.807) is 0 Å². The molecule has 2 unspecified atom stereocenters. The summed E-state index contributed by atoms with van der Waals surface area (Å²) < 4.78 is 0. The molecule has 2 nitrogen and oxygen atoms in total. The maximum absolute atomic E-state index is 5.82. The highest BCUT2D eigenvalue weighted by atomic mass is 35.5. The van der Waals surface area contributed by atoms with E-state index >= 15 is 0 Å². The van der Waals surface area contributed by atoms with Crippen LogP contribution in [0.1, 0.15) is 12.0 Å². The second-order valence-electron chi connectivity index (χ2n) is 3.93. The zero-order valence-corrected chi connectivity index (χ0v) is 11.2. The molecule has 1 aromatic carbocycles. The van der Waals surface area contributed by atoms with Gasteiger partial charge in [-0.3, -0.25) is 0 Å². The monoisotopic (exact) mass is 282 g/mol. The standard InChI is InChI=1S/C11H15ClN2.2ClH/c12-9-3-1-8(2-4-9)5-11-6-10(13)7-14-11;;/h1-4,10-11,14H,5-7,13H2;2*1H. The van der Waals surface area contributed by atoms with Gasteiger partial charge in [-0.2, -0.15) is 0 Å². The molecule has 2 atom stereocenters. The van der Waals surface area contributed by atoms with Crippen molar-refractivity contribution in [3.63, 3.8) is 0 Å². The Morgan fingerprint density at radius 3 is 2.38 bits per heavy atom. The van der Waals surface area contributed by atoms with Crippen LogP contribution in [0.5, 0.6) is 0 Å². The van der Waals surface area contributed by atoms with E-state index in [-0.39, 0.29) is 24.8 Å². The minimum absolute atomic E-state index is 0. The van der Waals surface area contributed by atoms with Gasteiger partial charge >= 0.3 is 0 Å². The van der Waals surface area contributed by atoms with Gasteiger partial charge in [-0.1, -0.05) is 23.7 Å². The Bertz CT molecular complexity index is 303. The third-order valence-electron chi connectivity index (χ3n) is 2.65. The van der Waals surface area contributed by atoms with E-state index in [0.29, 0.717) is 12.1 Å². The maximum Gasteiger partial charge on any atom is 0.0406 e. The summed E-state index contributed by atoms with van der Waals surface area (Å²) in [6, 6.07) is 8.89. The molecule has 1 aromatic rings. The van der Waals surface area contributed by atoms with Crippen LogP contribution in [0.4, 0.5) is 0 Å². The second kappa shape index (κ2) is 7.36. The van der Waals surface area contributed by atoms with Gasteiger partial charge in [0.25, 0.3) is 0 Å². The van der Waals surface area contributed by atoms with Crippen LogP contribution in [-0.2, 0) is 6.42 Å². The van der Waals surface area contributed by atoms with Gasteiger partial charge in [0.05, 0.1) is 0 Å². The van der Waals surface area contributed by atoms with E-state index < -0.39 is 0 Å². The smallest absolute Gasteiger partial charge is 0.0406 e. The van der Waals surface area contributed by atoms with E-state index in [1.807, 2.05) is 12.1 Å². The summed E-state index contributed by atoms with van der Waals surface area (Å²) in [6.07, 6.45) is 2.12. The van der Waals surface area contributed by atoms with Crippen LogP contribution < -0.4 is 11.1 Å². The average Bonchev–Trinajstić information content (AvgIpc) is 2.56. The number of benzene rings is 1. The number of nitrogens with two attached hydrogens (primary N) is 1. The lowest BCUT2D eigenvalue weighted by atomic mass is 10.0. The average molecular weight is 284 g/mol. The van der Waals surface area contributed by atoms with Gasteiger partial charge in [0.2, 0.25) is 0 Å². The molecular formula is C11H17Cl3N2. The van der Waals surface area contributed by atoms with Crippen LogP contribution in [0, 0.1) is 0 Å². The molecule has 5 heteroatoms. The van der Waals surface area contributed by atoms with Gasteiger partial charge in [0.15, 0.2) is 0 Å². The largest absolute Gasteiger partial charge is 0.326 e. The molecule has 3 N–H and O–H groups in total. The lowest BCUT2D eigenvalue weighted by Gasteiger charge is -2.09. The lowest BCUT2D eigenvalue weighted by Crippen LogP contribution is -2.24. The van der Waals surface area contributed by atoms with Gasteiger partial charge in [0.1, 0.15) is 0 Å². The molecule has 0 bridgehead atoms. The fourth-order valence-electron chi connectivity index (χ4n) is 1.91. The van der Waals surface area contributed by atoms with E-state index in [4.69, 9.17) is 17.3 Å². The molecule has 0 aromatic heterocycles. The molecule has 1 fully saturated rings. The molecule has 1 aliphatic rings. The molecule has 0 spiro atoms. The first-order chi connectivity index (χ1) is 6.74. The molecule has 1 saturated heterocycles. The van der Waals surface area contributed by atoms with Crippen LogP contribution in [0.25, 0.3) is 0 Å². The SMILES string of the molecule is Cl.Cl.NC1CNC(Cc2ccc(Cl)cc2)C1. The Balaban J connectivity index is 0.00000112. The maximum atomic E-state index is 5.82. The van der Waals surface area contributed by atoms with Crippen molar-refractivity contribution in [3.8, 4) is 0 Å². The van der Waals surface area contributed by atoms with Gasteiger partial charge in [-0.25, -0.2) is 0 Å². The molecule has 0 aliphatic carbocycles. The molecule has 2 rings (SSSR count). The summed E-state index contributed by atoms with van der Waals surface area (Å²) in [4.78, 5) is 0. The predicted octanol–water partition coefficient (Wildman–Crippen LogP) is 2.42. The number of nitrogens with one attached hydrogen (secondary N) is 1. The van der Waals surface area contributed by atoms with E-state index in [2.05, 4.69) is 17.4 Å². The predicted molar refractivity (Wildman–Crippen MR) is 74.0 cm³/mol. The van der Waals surface area contributed by atoms with Crippen LogP contribution in [0.2, 0.25) is 5.02 Å². The van der Waals surface area contributed by atoms with Crippen molar-refractivity contribution < 1.29 is 0 Å². The van der Waals surface area contributed by atoms with Gasteiger partial charge in [-0.15, -0.1) is 24.8 Å². The van der Waals surface area contributed by atoms with E-state index in [0.717, 1.165) is 24.4 Å². The van der Waals surface area contributed by atoms with Crippen LogP contribution >= 0.6 is 36.4 Å². The second-order valence-corrected chi connectivity index (χ2v) is 4.37. The zero-order valence-electron chi connectivity index (χ0n) is 8.86. The van der Waals surface area contributed by atoms with Gasteiger partial charge < -0.3 is 11.1 Å². The Labute approximate surface area is 114 Å². The molecular weight excluding hydrogens is 266 g/mol. The molecule has 0 radical (unpaired) electrons. The van der Waals surface area contributed by atoms with E-state index in [1.165, 1.54) is 5.56 Å². The lowest BCUT2D eigenvalue weighted by molar-refractivity contribution is 0.597. The van der Waals surface area contributed by atoms with Crippen molar-refractivity contribution in [3.05, 3.63) is 34.9 Å². The minimum Gasteiger partial charge on any atom is -0.326 e. The number of hydrogen-bond acceptors (Lipinski definition) is 2. The highest BCUT2D eigenvalue weighted by molar-refractivity contribution is 6.30. The van der Waals surface area contributed by atoms with Crippen molar-refractivity contribution in [2.75, 3.05) is 6.54 Å². The fraction of sp³-hybridized carbons (Fsp3) is 0.455. The van der Waals surface area contributed by atoms with Crippen LogP contribution in [0.15, 0.2) is 24.3 Å². The highest BCUT2D eigenvalue weighted by Crippen LogP contribution is 2.14. The topological polar surface area (TPSA) is 38.0 Å². The molecule has 1 heterocycles. The molecule has 0 amide bonds. The fourth-order valence-corrected chi connectivity index (χ4v) is 2.04. The van der Waals surface area contributed by atoms with Crippen molar-refractivity contribution >= 4 is 36.4 Å². The van der Waals surface area contributed by atoms with Crippen molar-refractivity contribution in [2.45, 2.75) is 24.9 Å². The first-order valence-electron chi connectivity index (χ1n) is 4.97. The molecule has 16 heavy (non-hydrogen) atoms. The van der Waals surface area contributed by atoms with Crippen LogP contribution in [0.3, 0.4) is 0 Å². The van der Waals surface area contributed by atoms with Crippen molar-refractivity contribution in [1.82, 2.24) is 5.32 Å². The minimum atomic E-state index is 0. The molecule has 1 aliphatic heterocycles. The summed E-state index contributed by atoms with van der Waals surface area (Å²) in [6.45, 7) is 0.943. The summed E-state index contributed by atoms with van der Waals surface area (Å²) >= 11 is 5.82. The third kappa shape index (κ3) is 4.48. The summed E-state index contributed by atoms with van der Waals surface area (Å²) in [5.41, 5.74) is 7.14. The molecule has 92 valence electrons. The number of halogens is 3. The normalized spacial score (nSPS) is 23.4. The number of rotatable bonds is 2. The van der Waals surface area contributed by atoms with Crippen LogP contribution in [-0.4, -0.2) is 18.6 Å². The van der Waals surface area contributed by atoms with Gasteiger partial charge in [0, 0.05) is 23.7 Å².